The van der Waals surface area contributed by atoms with Crippen molar-refractivity contribution in [3.63, 3.8) is 0 Å². The molecule has 0 bridgehead atoms. The summed E-state index contributed by atoms with van der Waals surface area (Å²) < 4.78 is 30.7. The van der Waals surface area contributed by atoms with Crippen molar-refractivity contribution in [2.75, 3.05) is 40.0 Å². The lowest BCUT2D eigenvalue weighted by Gasteiger charge is -2.36. The zero-order chi connectivity index (χ0) is 24.4. The van der Waals surface area contributed by atoms with Crippen LogP contribution in [0.1, 0.15) is 22.5 Å². The Morgan fingerprint density at radius 3 is 2.76 bits per heavy atom. The Hall–Kier alpha value is -2.99. The number of carbonyl (C=O) groups excluding carboxylic acids is 1. The van der Waals surface area contributed by atoms with E-state index in [0.717, 1.165) is 0 Å². The molecule has 3 aromatic heterocycles. The third-order valence-electron chi connectivity index (χ3n) is 6.27. The lowest BCUT2D eigenvalue weighted by molar-refractivity contribution is 0.0382. The molecule has 2 aliphatic rings. The Labute approximate surface area is 225 Å². The SMILES string of the molecule is COc1ccc2ncc(F)c(CCN3CCC(NC(=O)c4cc5c(cn4)OCCO5)C(O)C3)c2n1.Cl.Cl. The topological polar surface area (TPSA) is 119 Å². The number of aliphatic hydroxyl groups is 1. The second kappa shape index (κ2) is 12.5. The van der Waals surface area contributed by atoms with Gasteiger partial charge >= 0.3 is 0 Å². The van der Waals surface area contributed by atoms with Crippen LogP contribution in [0.3, 0.4) is 0 Å². The molecule has 2 atom stereocenters. The Balaban J connectivity index is 0.00000190. The van der Waals surface area contributed by atoms with Gasteiger partial charge in [0.1, 0.15) is 24.7 Å². The van der Waals surface area contributed by atoms with Crippen molar-refractivity contribution in [3.05, 3.63) is 47.7 Å². The number of pyridine rings is 3. The number of nitrogens with zero attached hydrogens (tertiary/aromatic N) is 4. The van der Waals surface area contributed by atoms with Crippen LogP contribution in [0, 0.1) is 5.82 Å². The summed E-state index contributed by atoms with van der Waals surface area (Å²) in [5.74, 6) is 0.575. The lowest BCUT2D eigenvalue weighted by Crippen LogP contribution is -2.54. The molecule has 0 aliphatic carbocycles. The summed E-state index contributed by atoms with van der Waals surface area (Å²) in [4.78, 5) is 27.3. The van der Waals surface area contributed by atoms with Crippen molar-refractivity contribution in [1.82, 2.24) is 25.2 Å². The van der Waals surface area contributed by atoms with Gasteiger partial charge in [0.2, 0.25) is 5.88 Å². The van der Waals surface area contributed by atoms with E-state index < -0.39 is 18.0 Å². The van der Waals surface area contributed by atoms with Crippen molar-refractivity contribution in [3.8, 4) is 17.4 Å². The van der Waals surface area contributed by atoms with Gasteiger partial charge in [-0.25, -0.2) is 14.4 Å². The monoisotopic (exact) mass is 555 g/mol. The molecule has 10 nitrogen and oxygen atoms in total. The standard InChI is InChI=1S/C24H26FN5O5.2ClH/c1-33-22-3-2-17-23(29-22)14(15(25)11-26-17)4-6-30-7-5-16(19(31)13-30)28-24(32)18-10-20-21(12-27-18)35-9-8-34-20;;/h2-3,10-12,16,19,31H,4-9,13H2,1H3,(H,28,32);2*1H. The highest BCUT2D eigenvalue weighted by Crippen LogP contribution is 2.29. The Morgan fingerprint density at radius 2 is 2.00 bits per heavy atom. The summed E-state index contributed by atoms with van der Waals surface area (Å²) >= 11 is 0. The fourth-order valence-corrected chi connectivity index (χ4v) is 4.38. The van der Waals surface area contributed by atoms with Crippen molar-refractivity contribution in [2.24, 2.45) is 0 Å². The smallest absolute Gasteiger partial charge is 0.270 e. The molecule has 5 heterocycles. The van der Waals surface area contributed by atoms with Crippen LogP contribution in [0.15, 0.2) is 30.6 Å². The van der Waals surface area contributed by atoms with Crippen LogP contribution in [-0.4, -0.2) is 83.0 Å². The highest BCUT2D eigenvalue weighted by molar-refractivity contribution is 5.93. The molecule has 0 spiro atoms. The number of carbonyl (C=O) groups is 1. The van der Waals surface area contributed by atoms with Gasteiger partial charge in [-0.15, -0.1) is 24.8 Å². The van der Waals surface area contributed by atoms with Gasteiger partial charge < -0.3 is 29.5 Å². The van der Waals surface area contributed by atoms with Crippen LogP contribution < -0.4 is 19.5 Å². The van der Waals surface area contributed by atoms with Gasteiger partial charge in [0.15, 0.2) is 11.5 Å². The van der Waals surface area contributed by atoms with Gasteiger partial charge in [-0.1, -0.05) is 0 Å². The number of halogens is 3. The maximum Gasteiger partial charge on any atom is 0.270 e. The maximum atomic E-state index is 14.6. The van der Waals surface area contributed by atoms with Crippen molar-refractivity contribution in [1.29, 1.82) is 0 Å². The fraction of sp³-hybridized carbons (Fsp3) is 0.417. The molecule has 1 amide bonds. The molecule has 37 heavy (non-hydrogen) atoms. The average Bonchev–Trinajstić information content (AvgIpc) is 2.88. The number of likely N-dealkylation sites (tertiary alicyclic amines) is 1. The van der Waals surface area contributed by atoms with E-state index in [4.69, 9.17) is 14.2 Å². The minimum atomic E-state index is -0.776. The number of aliphatic hydroxyl groups excluding tert-OH is 1. The largest absolute Gasteiger partial charge is 0.486 e. The number of piperidine rings is 1. The van der Waals surface area contributed by atoms with Gasteiger partial charge in [0.05, 0.1) is 42.7 Å². The summed E-state index contributed by atoms with van der Waals surface area (Å²) in [6.45, 7) is 2.37. The zero-order valence-corrected chi connectivity index (χ0v) is 21.7. The molecule has 3 aromatic rings. The molecule has 0 radical (unpaired) electrons. The average molecular weight is 556 g/mol. The molecule has 2 unspecified atom stereocenters. The molecular formula is C24H28Cl2FN5O5. The van der Waals surface area contributed by atoms with Crippen LogP contribution >= 0.6 is 24.8 Å². The summed E-state index contributed by atoms with van der Waals surface area (Å²) in [6.07, 6.45) is 2.84. The van der Waals surface area contributed by atoms with Gasteiger partial charge in [-0.3, -0.25) is 9.78 Å². The normalized spacial score (nSPS) is 18.9. The second-order valence-electron chi connectivity index (χ2n) is 8.51. The number of β-amino-alcohol motifs (C(OH)–C–C–N with tert-alkyl or cyclic N) is 1. The van der Waals surface area contributed by atoms with Crippen LogP contribution in [-0.2, 0) is 6.42 Å². The minimum absolute atomic E-state index is 0. The van der Waals surface area contributed by atoms with Crippen molar-refractivity contribution >= 4 is 41.8 Å². The van der Waals surface area contributed by atoms with E-state index in [1.165, 1.54) is 19.5 Å². The number of amides is 1. The first-order valence-electron chi connectivity index (χ1n) is 11.5. The van der Waals surface area contributed by atoms with E-state index in [1.807, 2.05) is 4.90 Å². The molecule has 5 rings (SSSR count). The molecule has 2 aliphatic heterocycles. The number of methoxy groups -OCH3 is 1. The highest BCUT2D eigenvalue weighted by Gasteiger charge is 2.30. The first-order valence-corrected chi connectivity index (χ1v) is 11.5. The van der Waals surface area contributed by atoms with Crippen molar-refractivity contribution < 1.29 is 28.5 Å². The van der Waals surface area contributed by atoms with Gasteiger partial charge in [-0.2, -0.15) is 0 Å². The number of ether oxygens (including phenoxy) is 3. The predicted molar refractivity (Wildman–Crippen MR) is 138 cm³/mol. The summed E-state index contributed by atoms with van der Waals surface area (Å²) in [7, 11) is 1.51. The van der Waals surface area contributed by atoms with E-state index in [2.05, 4.69) is 20.3 Å². The Bertz CT molecular complexity index is 1250. The summed E-state index contributed by atoms with van der Waals surface area (Å²) in [6, 6.07) is 4.56. The molecule has 0 aromatic carbocycles. The van der Waals surface area contributed by atoms with Crippen LogP contribution in [0.4, 0.5) is 4.39 Å². The molecule has 200 valence electrons. The first-order chi connectivity index (χ1) is 17.0. The maximum absolute atomic E-state index is 14.6. The number of hydrogen-bond acceptors (Lipinski definition) is 9. The van der Waals surface area contributed by atoms with E-state index in [9.17, 15) is 14.3 Å². The van der Waals surface area contributed by atoms with Crippen LogP contribution in [0.5, 0.6) is 17.4 Å². The molecule has 0 saturated carbocycles. The van der Waals surface area contributed by atoms with Gasteiger partial charge in [0, 0.05) is 37.3 Å². The zero-order valence-electron chi connectivity index (χ0n) is 20.1. The fourth-order valence-electron chi connectivity index (χ4n) is 4.38. The quantitative estimate of drug-likeness (QED) is 0.471. The van der Waals surface area contributed by atoms with E-state index in [-0.39, 0.29) is 36.4 Å². The highest BCUT2D eigenvalue weighted by atomic mass is 35.5. The van der Waals surface area contributed by atoms with E-state index in [0.29, 0.717) is 79.7 Å². The first kappa shape index (κ1) is 28.6. The molecular weight excluding hydrogens is 528 g/mol. The van der Waals surface area contributed by atoms with Gasteiger partial charge in [0.25, 0.3) is 5.91 Å². The Kier molecular flexibility index (Phi) is 9.66. The number of rotatable bonds is 6. The number of aromatic nitrogens is 3. The lowest BCUT2D eigenvalue weighted by atomic mass is 10.0. The predicted octanol–water partition coefficient (Wildman–Crippen LogP) is 2.20. The van der Waals surface area contributed by atoms with Crippen LogP contribution in [0.25, 0.3) is 11.0 Å². The summed E-state index contributed by atoms with van der Waals surface area (Å²) in [5.41, 5.74) is 1.73. The molecule has 1 saturated heterocycles. The number of nitrogens with one attached hydrogen (secondary N) is 1. The third kappa shape index (κ3) is 6.30. The molecule has 2 N–H and O–H groups in total. The van der Waals surface area contributed by atoms with Crippen molar-refractivity contribution in [2.45, 2.75) is 25.0 Å². The Morgan fingerprint density at radius 1 is 1.22 bits per heavy atom. The minimum Gasteiger partial charge on any atom is -0.486 e. The van der Waals surface area contributed by atoms with Crippen LogP contribution in [0.2, 0.25) is 0 Å². The third-order valence-corrected chi connectivity index (χ3v) is 6.27. The van der Waals surface area contributed by atoms with E-state index in [1.54, 1.807) is 18.2 Å². The molecule has 1 fully saturated rings. The number of fused-ring (bicyclic) bond motifs is 2. The molecule has 13 heteroatoms. The van der Waals surface area contributed by atoms with E-state index >= 15 is 0 Å². The summed E-state index contributed by atoms with van der Waals surface area (Å²) in [5, 5.41) is 13.6. The second-order valence-corrected chi connectivity index (χ2v) is 8.51. The number of hydrogen-bond donors (Lipinski definition) is 2. The van der Waals surface area contributed by atoms with Gasteiger partial charge in [-0.05, 0) is 18.9 Å².